The number of hydrogen-bond donors (Lipinski definition) is 4. The summed E-state index contributed by atoms with van der Waals surface area (Å²) < 4.78 is 40.8. The van der Waals surface area contributed by atoms with Gasteiger partial charge in [-0.05, 0) is 25.7 Å². The van der Waals surface area contributed by atoms with Crippen LogP contribution in [0.5, 0.6) is 0 Å². The van der Waals surface area contributed by atoms with Gasteiger partial charge in [-0.3, -0.25) is 9.96 Å². The maximum Gasteiger partial charge on any atom is 0.418 e. The smallest absolute Gasteiger partial charge is 0.370 e. The number of urea groups is 1. The zero-order valence-corrected chi connectivity index (χ0v) is 17.8. The van der Waals surface area contributed by atoms with Crippen LogP contribution in [0, 0.1) is 5.41 Å². The van der Waals surface area contributed by atoms with Crippen LogP contribution in [0.2, 0.25) is 0 Å². The van der Waals surface area contributed by atoms with Gasteiger partial charge in [-0.1, -0.05) is 5.16 Å². The van der Waals surface area contributed by atoms with E-state index in [0.717, 1.165) is 31.0 Å². The third kappa shape index (κ3) is 4.92. The first-order chi connectivity index (χ1) is 14.7. The van der Waals surface area contributed by atoms with Crippen LogP contribution >= 0.6 is 0 Å². The van der Waals surface area contributed by atoms with Gasteiger partial charge in [0.15, 0.2) is 5.96 Å². The monoisotopic (exact) mass is 457 g/mol. The molecule has 2 bridgehead atoms. The average Bonchev–Trinajstić information content (AvgIpc) is 3.27. The van der Waals surface area contributed by atoms with Gasteiger partial charge in [-0.2, -0.15) is 13.5 Å². The lowest BCUT2D eigenvalue weighted by molar-refractivity contribution is -0.0317. The van der Waals surface area contributed by atoms with Crippen LogP contribution in [0.15, 0.2) is 10.6 Å². The normalized spacial score (nSPS) is 24.8. The molecule has 3 aliphatic heterocycles. The lowest BCUT2D eigenvalue weighted by Gasteiger charge is -2.32. The Hall–Kier alpha value is -2.42. The molecule has 13 nitrogen and oxygen atoms in total. The first kappa shape index (κ1) is 21.8. The van der Waals surface area contributed by atoms with Crippen molar-refractivity contribution >= 4 is 22.4 Å². The van der Waals surface area contributed by atoms with Crippen molar-refractivity contribution in [1.82, 2.24) is 25.3 Å². The van der Waals surface area contributed by atoms with Crippen LogP contribution in [0.1, 0.15) is 43.2 Å². The molecule has 0 spiro atoms. The Balaban J connectivity index is 1.28. The van der Waals surface area contributed by atoms with Crippen LogP contribution in [-0.2, 0) is 21.1 Å². The predicted molar refractivity (Wildman–Crippen MR) is 107 cm³/mol. The van der Waals surface area contributed by atoms with Crippen LogP contribution in [0.3, 0.4) is 0 Å². The number of hydroxylamine groups is 2. The Morgan fingerprint density at radius 3 is 2.77 bits per heavy atom. The highest BCUT2D eigenvalue weighted by Crippen LogP contribution is 2.38. The van der Waals surface area contributed by atoms with E-state index in [0.29, 0.717) is 49.8 Å². The topological polar surface area (TPSA) is 178 Å². The minimum Gasteiger partial charge on any atom is -0.370 e. The number of nitrogens with zero attached hydrogens (tertiary/aromatic N) is 4. The van der Waals surface area contributed by atoms with E-state index < -0.39 is 22.5 Å². The summed E-state index contributed by atoms with van der Waals surface area (Å²) in [5.74, 6) is 0.814. The van der Waals surface area contributed by atoms with Crippen molar-refractivity contribution in [1.29, 1.82) is 5.41 Å². The third-order valence-corrected chi connectivity index (χ3v) is 6.40. The molecule has 3 saturated heterocycles. The highest BCUT2D eigenvalue weighted by Gasteiger charge is 2.48. The lowest BCUT2D eigenvalue weighted by atomic mass is 9.98. The average molecular weight is 458 g/mol. The van der Waals surface area contributed by atoms with Crippen molar-refractivity contribution in [3.05, 3.63) is 17.5 Å². The van der Waals surface area contributed by atoms with E-state index in [1.807, 2.05) is 11.0 Å². The number of nitrogens with two attached hydrogens (primary N) is 1. The van der Waals surface area contributed by atoms with Crippen LogP contribution < -0.4 is 11.1 Å². The quantitative estimate of drug-likeness (QED) is 0.244. The van der Waals surface area contributed by atoms with Gasteiger partial charge in [-0.25, -0.2) is 4.79 Å². The van der Waals surface area contributed by atoms with Gasteiger partial charge < -0.3 is 25.4 Å². The number of piperidine rings is 2. The van der Waals surface area contributed by atoms with E-state index in [2.05, 4.69) is 14.8 Å². The molecule has 2 atom stereocenters. The number of hydrogen-bond acceptors (Lipinski definition) is 8. The van der Waals surface area contributed by atoms with Crippen LogP contribution in [0.4, 0.5) is 4.79 Å². The van der Waals surface area contributed by atoms with Crippen molar-refractivity contribution in [3.8, 4) is 0 Å². The Labute approximate surface area is 179 Å². The molecular weight excluding hydrogens is 430 g/mol. The summed E-state index contributed by atoms with van der Waals surface area (Å²) in [5.41, 5.74) is 6.13. The van der Waals surface area contributed by atoms with E-state index in [4.69, 9.17) is 20.2 Å². The van der Waals surface area contributed by atoms with Crippen LogP contribution in [-0.4, -0.2) is 83.2 Å². The summed E-state index contributed by atoms with van der Waals surface area (Å²) >= 11 is 0. The number of nitrogens with one attached hydrogen (secondary N) is 2. The fourth-order valence-corrected chi connectivity index (χ4v) is 4.86. The van der Waals surface area contributed by atoms with Crippen molar-refractivity contribution in [2.45, 2.75) is 50.2 Å². The summed E-state index contributed by atoms with van der Waals surface area (Å²) in [7, 11) is -4.77. The molecule has 172 valence electrons. The third-order valence-electron chi connectivity index (χ3n) is 6.06. The number of guanidine groups is 1. The molecule has 3 fully saturated rings. The molecule has 31 heavy (non-hydrogen) atoms. The molecule has 14 heteroatoms. The summed E-state index contributed by atoms with van der Waals surface area (Å²) in [4.78, 5) is 15.9. The standard InChI is InChI=1S/C17H27N7O6S/c18-16(19)22-7-4-11(5-8-22)20-6-3-13-9-14(21-29-13)15-2-1-12-10-23(15)17(25)24(12)30-31(26,27)28/h9,11-12,15,20H,1-8,10H2,(H3,18,19)(H,26,27,28)/t12-,15+/m1/s1. The number of rotatable bonds is 7. The molecule has 2 amide bonds. The first-order valence-electron chi connectivity index (χ1n) is 10.3. The van der Waals surface area contributed by atoms with Gasteiger partial charge in [0.1, 0.15) is 11.5 Å². The minimum atomic E-state index is -4.77. The predicted octanol–water partition coefficient (Wildman–Crippen LogP) is -0.160. The van der Waals surface area contributed by atoms with E-state index in [9.17, 15) is 13.2 Å². The summed E-state index contributed by atoms with van der Waals surface area (Å²) in [6, 6.07) is 0.804. The molecule has 0 aromatic carbocycles. The molecule has 5 N–H and O–H groups in total. The van der Waals surface area contributed by atoms with E-state index in [1.54, 1.807) is 0 Å². The minimum absolute atomic E-state index is 0.117. The number of carbonyl (C=O) groups excluding carboxylic acids is 1. The van der Waals surface area contributed by atoms with Crippen LogP contribution in [0.25, 0.3) is 0 Å². The Morgan fingerprint density at radius 1 is 1.35 bits per heavy atom. The molecular formula is C17H27N7O6S. The van der Waals surface area contributed by atoms with Crippen molar-refractivity contribution < 1.29 is 26.6 Å². The highest BCUT2D eigenvalue weighted by molar-refractivity contribution is 7.80. The molecule has 0 radical (unpaired) electrons. The SMILES string of the molecule is N=C(N)N1CCC(NCCc2cc([C@@H]3CC[C@@H]4CN3C(=O)N4OS(=O)(=O)O)no2)CC1. The fraction of sp³-hybridized carbons (Fsp3) is 0.706. The molecule has 0 unspecified atom stereocenters. The number of amides is 2. The largest absolute Gasteiger partial charge is 0.418 e. The molecule has 0 aliphatic carbocycles. The molecule has 0 saturated carbocycles. The summed E-state index contributed by atoms with van der Waals surface area (Å²) in [6.45, 7) is 2.54. The van der Waals surface area contributed by atoms with Crippen molar-refractivity contribution in [3.63, 3.8) is 0 Å². The Kier molecular flexibility index (Phi) is 6.05. The van der Waals surface area contributed by atoms with Gasteiger partial charge in [0.25, 0.3) is 0 Å². The maximum atomic E-state index is 12.5. The second kappa shape index (κ2) is 8.61. The van der Waals surface area contributed by atoms with Crippen molar-refractivity contribution in [2.24, 2.45) is 5.73 Å². The molecule has 4 rings (SSSR count). The number of fused-ring (bicyclic) bond motifs is 2. The van der Waals surface area contributed by atoms with Gasteiger partial charge in [0.05, 0.1) is 12.1 Å². The molecule has 3 aliphatic rings. The van der Waals surface area contributed by atoms with Gasteiger partial charge in [-0.15, -0.1) is 4.28 Å². The second-order valence-corrected chi connectivity index (χ2v) is 9.08. The van der Waals surface area contributed by atoms with Crippen molar-refractivity contribution in [2.75, 3.05) is 26.2 Å². The Bertz CT molecular complexity index is 929. The van der Waals surface area contributed by atoms with Gasteiger partial charge in [0.2, 0.25) is 0 Å². The Morgan fingerprint density at radius 2 is 2.10 bits per heavy atom. The second-order valence-electron chi connectivity index (χ2n) is 8.08. The zero-order chi connectivity index (χ0) is 22.2. The highest BCUT2D eigenvalue weighted by atomic mass is 32.3. The maximum absolute atomic E-state index is 12.5. The fourth-order valence-electron chi connectivity index (χ4n) is 4.47. The van der Waals surface area contributed by atoms with E-state index in [-0.39, 0.29) is 12.0 Å². The molecule has 1 aromatic heterocycles. The van der Waals surface area contributed by atoms with Gasteiger partial charge >= 0.3 is 16.4 Å². The van der Waals surface area contributed by atoms with E-state index >= 15 is 0 Å². The number of likely N-dealkylation sites (tertiary alicyclic amines) is 1. The van der Waals surface area contributed by atoms with E-state index in [1.165, 1.54) is 4.90 Å². The lowest BCUT2D eigenvalue weighted by Crippen LogP contribution is -2.47. The summed E-state index contributed by atoms with van der Waals surface area (Å²) in [5, 5.41) is 15.8. The molecule has 4 heterocycles. The zero-order valence-electron chi connectivity index (χ0n) is 16.9. The summed E-state index contributed by atoms with van der Waals surface area (Å²) in [6.07, 6.45) is 3.58. The van der Waals surface area contributed by atoms with Gasteiger partial charge in [0, 0.05) is 44.7 Å². The number of aromatic nitrogens is 1. The number of carbonyl (C=O) groups is 1. The first-order valence-corrected chi connectivity index (χ1v) is 11.6. The molecule has 1 aromatic rings.